The van der Waals surface area contributed by atoms with Crippen molar-refractivity contribution in [3.8, 4) is 0 Å². The van der Waals surface area contributed by atoms with E-state index in [0.717, 1.165) is 25.9 Å². The molecule has 0 aliphatic carbocycles. The molecule has 1 aliphatic rings. The molecule has 116 valence electrons. The number of nitrogens with zero attached hydrogens (tertiary/aromatic N) is 1. The number of hydrogen-bond acceptors (Lipinski definition) is 5. The lowest BCUT2D eigenvalue weighted by Crippen LogP contribution is -2.47. The molecule has 2 rings (SSSR count). The van der Waals surface area contributed by atoms with Gasteiger partial charge in [-0.3, -0.25) is 14.9 Å². The van der Waals surface area contributed by atoms with Crippen LogP contribution in [-0.4, -0.2) is 36.5 Å². The van der Waals surface area contributed by atoms with Crippen LogP contribution in [0.15, 0.2) is 24.3 Å². The lowest BCUT2D eigenvalue weighted by atomic mass is 10.1. The summed E-state index contributed by atoms with van der Waals surface area (Å²) in [6.45, 7) is 1.79. The Morgan fingerprint density at radius 1 is 1.43 bits per heavy atom. The van der Waals surface area contributed by atoms with Gasteiger partial charge in [0.2, 0.25) is 5.91 Å². The molecule has 1 fully saturated rings. The largest absolute Gasteiger partial charge is 0.371 e. The topological polar surface area (TPSA) is 96.3 Å². The second kappa shape index (κ2) is 8.43. The fraction of sp³-hybridized carbons (Fsp3) is 0.462. The smallest absolute Gasteiger partial charge is 0.292 e. The minimum Gasteiger partial charge on any atom is -0.371 e. The molecule has 1 aromatic rings. The van der Waals surface area contributed by atoms with E-state index in [4.69, 9.17) is 0 Å². The van der Waals surface area contributed by atoms with Crippen molar-refractivity contribution in [3.05, 3.63) is 34.4 Å². The number of para-hydroxylation sites is 2. The first-order chi connectivity index (χ1) is 9.66. The third-order valence-corrected chi connectivity index (χ3v) is 3.20. The number of nitro benzene ring substituents is 1. The molecule has 0 radical (unpaired) electrons. The predicted octanol–water partition coefficient (Wildman–Crippen LogP) is 1.30. The zero-order valence-corrected chi connectivity index (χ0v) is 12.3. The number of piperidine rings is 1. The highest BCUT2D eigenvalue weighted by Crippen LogP contribution is 2.22. The van der Waals surface area contributed by atoms with Crippen molar-refractivity contribution in [2.45, 2.75) is 18.9 Å². The number of amides is 1. The van der Waals surface area contributed by atoms with Crippen LogP contribution in [0, 0.1) is 10.1 Å². The molecule has 1 aliphatic heterocycles. The number of rotatable bonds is 5. The van der Waals surface area contributed by atoms with Crippen molar-refractivity contribution in [1.29, 1.82) is 0 Å². The Bertz CT molecular complexity index is 492. The van der Waals surface area contributed by atoms with Crippen LogP contribution in [0.4, 0.5) is 11.4 Å². The van der Waals surface area contributed by atoms with E-state index in [-0.39, 0.29) is 36.6 Å². The minimum atomic E-state index is -0.467. The van der Waals surface area contributed by atoms with Gasteiger partial charge >= 0.3 is 0 Å². The van der Waals surface area contributed by atoms with Crippen LogP contribution in [-0.2, 0) is 4.79 Å². The molecular weight excluding hydrogens is 296 g/mol. The van der Waals surface area contributed by atoms with Crippen LogP contribution in [0.3, 0.4) is 0 Å². The number of carbonyl (C=O) groups excluding carboxylic acids is 1. The molecule has 0 saturated carbocycles. The summed E-state index contributed by atoms with van der Waals surface area (Å²) in [7, 11) is 0. The minimum absolute atomic E-state index is 0. The van der Waals surface area contributed by atoms with Gasteiger partial charge in [0.25, 0.3) is 5.69 Å². The van der Waals surface area contributed by atoms with E-state index < -0.39 is 4.92 Å². The number of halogens is 1. The molecule has 7 nitrogen and oxygen atoms in total. The lowest BCUT2D eigenvalue weighted by molar-refractivity contribution is -0.383. The summed E-state index contributed by atoms with van der Waals surface area (Å²) in [5.41, 5.74) is 0.328. The molecule has 1 unspecified atom stereocenters. The van der Waals surface area contributed by atoms with Crippen LogP contribution in [0.2, 0.25) is 0 Å². The molecule has 0 aromatic heterocycles. The Balaban J connectivity index is 0.00000220. The monoisotopic (exact) mass is 314 g/mol. The lowest BCUT2D eigenvalue weighted by Gasteiger charge is -2.23. The second-order valence-corrected chi connectivity index (χ2v) is 4.74. The maximum Gasteiger partial charge on any atom is 0.292 e. The Morgan fingerprint density at radius 2 is 2.19 bits per heavy atom. The highest BCUT2D eigenvalue weighted by molar-refractivity contribution is 5.85. The quantitative estimate of drug-likeness (QED) is 0.562. The number of hydrogen-bond donors (Lipinski definition) is 3. The van der Waals surface area contributed by atoms with Gasteiger partial charge < -0.3 is 16.0 Å². The molecular formula is C13H19ClN4O3. The first kappa shape index (κ1) is 17.2. The van der Waals surface area contributed by atoms with Gasteiger partial charge in [-0.2, -0.15) is 0 Å². The Hall–Kier alpha value is -1.86. The molecule has 0 bridgehead atoms. The second-order valence-electron chi connectivity index (χ2n) is 4.74. The summed E-state index contributed by atoms with van der Waals surface area (Å²) in [5, 5.41) is 19.8. The van der Waals surface area contributed by atoms with Crippen molar-refractivity contribution >= 4 is 29.7 Å². The number of carbonyl (C=O) groups is 1. The molecule has 1 heterocycles. The van der Waals surface area contributed by atoms with E-state index >= 15 is 0 Å². The van der Waals surface area contributed by atoms with Gasteiger partial charge in [-0.05, 0) is 25.5 Å². The van der Waals surface area contributed by atoms with Crippen LogP contribution in [0.25, 0.3) is 0 Å². The summed E-state index contributed by atoms with van der Waals surface area (Å²) in [4.78, 5) is 22.2. The summed E-state index contributed by atoms with van der Waals surface area (Å²) >= 11 is 0. The van der Waals surface area contributed by atoms with Crippen LogP contribution >= 0.6 is 12.4 Å². The van der Waals surface area contributed by atoms with Crippen molar-refractivity contribution in [1.82, 2.24) is 10.6 Å². The average Bonchev–Trinajstić information content (AvgIpc) is 2.46. The molecule has 8 heteroatoms. The highest BCUT2D eigenvalue weighted by Gasteiger charge is 2.16. The Labute approximate surface area is 129 Å². The van der Waals surface area contributed by atoms with Gasteiger partial charge in [0.15, 0.2) is 0 Å². The maximum absolute atomic E-state index is 11.8. The number of benzene rings is 1. The standard InChI is InChI=1S/C13H18N4O3.ClH/c18-13(16-10-4-3-7-14-8-10)9-15-11-5-1-2-6-12(11)17(19)20;/h1-2,5-6,10,14-15H,3-4,7-9H2,(H,16,18);1H. The average molecular weight is 315 g/mol. The molecule has 1 atom stereocenters. The van der Waals surface area contributed by atoms with E-state index in [1.807, 2.05) is 0 Å². The predicted molar refractivity (Wildman–Crippen MR) is 82.9 cm³/mol. The molecule has 21 heavy (non-hydrogen) atoms. The van der Waals surface area contributed by atoms with Crippen molar-refractivity contribution in [2.75, 3.05) is 25.0 Å². The maximum atomic E-state index is 11.8. The number of nitrogens with one attached hydrogen (secondary N) is 3. The number of anilines is 1. The highest BCUT2D eigenvalue weighted by atomic mass is 35.5. The summed E-state index contributed by atoms with van der Waals surface area (Å²) in [6, 6.07) is 6.43. The molecule has 1 aromatic carbocycles. The summed E-state index contributed by atoms with van der Waals surface area (Å²) < 4.78 is 0. The van der Waals surface area contributed by atoms with Gasteiger partial charge in [-0.1, -0.05) is 12.1 Å². The van der Waals surface area contributed by atoms with Gasteiger partial charge in [-0.25, -0.2) is 0 Å². The molecule has 1 amide bonds. The van der Waals surface area contributed by atoms with Crippen LogP contribution in [0.1, 0.15) is 12.8 Å². The van der Waals surface area contributed by atoms with Gasteiger partial charge in [0, 0.05) is 18.7 Å². The van der Waals surface area contributed by atoms with E-state index in [2.05, 4.69) is 16.0 Å². The normalized spacial score (nSPS) is 17.4. The molecule has 3 N–H and O–H groups in total. The van der Waals surface area contributed by atoms with E-state index in [0.29, 0.717) is 5.69 Å². The van der Waals surface area contributed by atoms with Gasteiger partial charge in [0.1, 0.15) is 5.69 Å². The van der Waals surface area contributed by atoms with Crippen molar-refractivity contribution < 1.29 is 9.72 Å². The van der Waals surface area contributed by atoms with E-state index in [1.165, 1.54) is 6.07 Å². The number of nitro groups is 1. The SMILES string of the molecule is Cl.O=C(CNc1ccccc1[N+](=O)[O-])NC1CCCNC1. The van der Waals surface area contributed by atoms with Gasteiger partial charge in [0.05, 0.1) is 11.5 Å². The first-order valence-corrected chi connectivity index (χ1v) is 6.64. The zero-order chi connectivity index (χ0) is 14.4. The van der Waals surface area contributed by atoms with Crippen molar-refractivity contribution in [3.63, 3.8) is 0 Å². The van der Waals surface area contributed by atoms with E-state index in [1.54, 1.807) is 18.2 Å². The van der Waals surface area contributed by atoms with Crippen LogP contribution < -0.4 is 16.0 Å². The molecule has 0 spiro atoms. The third-order valence-electron chi connectivity index (χ3n) is 3.20. The first-order valence-electron chi connectivity index (χ1n) is 6.64. The third kappa shape index (κ3) is 5.20. The van der Waals surface area contributed by atoms with Gasteiger partial charge in [-0.15, -0.1) is 12.4 Å². The fourth-order valence-corrected chi connectivity index (χ4v) is 2.21. The zero-order valence-electron chi connectivity index (χ0n) is 11.5. The van der Waals surface area contributed by atoms with Crippen molar-refractivity contribution in [2.24, 2.45) is 0 Å². The summed E-state index contributed by atoms with van der Waals surface area (Å²) in [6.07, 6.45) is 2.01. The Kier molecular flexibility index (Phi) is 6.90. The molecule has 1 saturated heterocycles. The van der Waals surface area contributed by atoms with Crippen LogP contribution in [0.5, 0.6) is 0 Å². The fourth-order valence-electron chi connectivity index (χ4n) is 2.21. The summed E-state index contributed by atoms with van der Waals surface area (Å²) in [5.74, 6) is -0.156. The van der Waals surface area contributed by atoms with E-state index in [9.17, 15) is 14.9 Å². The Morgan fingerprint density at radius 3 is 2.86 bits per heavy atom.